The lowest BCUT2D eigenvalue weighted by Crippen LogP contribution is -2.14. The Morgan fingerprint density at radius 2 is 1.80 bits per heavy atom. The van der Waals surface area contributed by atoms with E-state index in [1.54, 1.807) is 0 Å². The maximum atomic E-state index is 12.5. The topological polar surface area (TPSA) is 62.2 Å². The van der Waals surface area contributed by atoms with Gasteiger partial charge in [0.15, 0.2) is 0 Å². The fourth-order valence-corrected chi connectivity index (χ4v) is 1.48. The number of benzene rings is 1. The standard InChI is InChI=1S/C13H9F3N2O2/c14-13(15,16)9-5-6-17-11(7-9)18-12(20)8-1-3-10(19)4-2-8/h1-7,19H,(H,17,18,20). The second-order valence-corrected chi connectivity index (χ2v) is 3.93. The predicted molar refractivity (Wildman–Crippen MR) is 65.3 cm³/mol. The molecule has 2 N–H and O–H groups in total. The van der Waals surface area contributed by atoms with E-state index in [9.17, 15) is 18.0 Å². The van der Waals surface area contributed by atoms with Gasteiger partial charge in [0.05, 0.1) is 5.56 Å². The number of hydrogen-bond donors (Lipinski definition) is 2. The molecule has 0 unspecified atom stereocenters. The summed E-state index contributed by atoms with van der Waals surface area (Å²) in [7, 11) is 0. The first-order valence-corrected chi connectivity index (χ1v) is 5.50. The molecule has 4 nitrogen and oxygen atoms in total. The number of nitrogens with zero attached hydrogens (tertiary/aromatic N) is 1. The number of pyridine rings is 1. The van der Waals surface area contributed by atoms with Crippen LogP contribution in [0, 0.1) is 0 Å². The minimum absolute atomic E-state index is 0.0151. The molecule has 0 saturated carbocycles. The second-order valence-electron chi connectivity index (χ2n) is 3.93. The normalized spacial score (nSPS) is 11.2. The van der Waals surface area contributed by atoms with E-state index in [-0.39, 0.29) is 17.1 Å². The molecule has 0 fully saturated rings. The van der Waals surface area contributed by atoms with Crippen molar-refractivity contribution in [3.63, 3.8) is 0 Å². The Bertz CT molecular complexity index is 624. The van der Waals surface area contributed by atoms with Gasteiger partial charge >= 0.3 is 6.18 Å². The van der Waals surface area contributed by atoms with E-state index in [4.69, 9.17) is 5.11 Å². The predicted octanol–water partition coefficient (Wildman–Crippen LogP) is 3.06. The largest absolute Gasteiger partial charge is 0.508 e. The van der Waals surface area contributed by atoms with E-state index in [0.29, 0.717) is 0 Å². The average Bonchev–Trinajstić information content (AvgIpc) is 2.38. The first-order chi connectivity index (χ1) is 9.36. The van der Waals surface area contributed by atoms with Crippen LogP contribution >= 0.6 is 0 Å². The van der Waals surface area contributed by atoms with Crippen LogP contribution in [0.4, 0.5) is 19.0 Å². The van der Waals surface area contributed by atoms with Crippen molar-refractivity contribution in [2.24, 2.45) is 0 Å². The highest BCUT2D eigenvalue weighted by Gasteiger charge is 2.30. The van der Waals surface area contributed by atoms with Crippen molar-refractivity contribution in [1.82, 2.24) is 4.98 Å². The van der Waals surface area contributed by atoms with Crippen molar-refractivity contribution in [3.05, 3.63) is 53.7 Å². The van der Waals surface area contributed by atoms with Crippen LogP contribution < -0.4 is 5.32 Å². The van der Waals surface area contributed by atoms with Crippen LogP contribution in [-0.4, -0.2) is 16.0 Å². The molecular formula is C13H9F3N2O2. The first-order valence-electron chi connectivity index (χ1n) is 5.50. The summed E-state index contributed by atoms with van der Waals surface area (Å²) in [5.41, 5.74) is -0.699. The Hall–Kier alpha value is -2.57. The average molecular weight is 282 g/mol. The molecule has 0 saturated heterocycles. The van der Waals surface area contributed by atoms with Crippen molar-refractivity contribution in [1.29, 1.82) is 0 Å². The Balaban J connectivity index is 2.18. The van der Waals surface area contributed by atoms with Crippen LogP contribution in [0.2, 0.25) is 0 Å². The number of nitrogens with one attached hydrogen (secondary N) is 1. The van der Waals surface area contributed by atoms with Gasteiger partial charge in [-0.25, -0.2) is 4.98 Å². The first kappa shape index (κ1) is 13.9. The summed E-state index contributed by atoms with van der Waals surface area (Å²) in [6.07, 6.45) is -3.53. The molecule has 2 rings (SSSR count). The molecule has 0 aliphatic carbocycles. The Morgan fingerprint density at radius 1 is 1.15 bits per heavy atom. The summed E-state index contributed by atoms with van der Waals surface area (Å²) in [6, 6.07) is 6.86. The number of carbonyl (C=O) groups is 1. The van der Waals surface area contributed by atoms with Gasteiger partial charge < -0.3 is 10.4 Å². The zero-order valence-electron chi connectivity index (χ0n) is 9.98. The van der Waals surface area contributed by atoms with Crippen molar-refractivity contribution in [2.45, 2.75) is 6.18 Å². The van der Waals surface area contributed by atoms with E-state index in [2.05, 4.69) is 10.3 Å². The summed E-state index contributed by atoms with van der Waals surface area (Å²) in [5, 5.41) is 11.3. The highest BCUT2D eigenvalue weighted by Crippen LogP contribution is 2.29. The minimum atomic E-state index is -4.50. The third kappa shape index (κ3) is 3.25. The molecule has 1 aromatic heterocycles. The van der Waals surface area contributed by atoms with E-state index in [1.165, 1.54) is 24.3 Å². The summed E-state index contributed by atoms with van der Waals surface area (Å²) in [4.78, 5) is 15.4. The molecule has 0 aliphatic heterocycles. The van der Waals surface area contributed by atoms with Crippen LogP contribution in [-0.2, 0) is 6.18 Å². The maximum Gasteiger partial charge on any atom is 0.416 e. The van der Waals surface area contributed by atoms with Crippen LogP contribution in [0.25, 0.3) is 0 Å². The van der Waals surface area contributed by atoms with E-state index < -0.39 is 17.6 Å². The summed E-state index contributed by atoms with van der Waals surface area (Å²) in [6.45, 7) is 0. The molecule has 0 aliphatic rings. The summed E-state index contributed by atoms with van der Waals surface area (Å²) in [5.74, 6) is -0.825. The number of rotatable bonds is 2. The van der Waals surface area contributed by atoms with Crippen molar-refractivity contribution in [2.75, 3.05) is 5.32 Å². The Morgan fingerprint density at radius 3 is 2.40 bits per heavy atom. The Kier molecular flexibility index (Phi) is 3.60. The molecular weight excluding hydrogens is 273 g/mol. The number of aromatic nitrogens is 1. The highest BCUT2D eigenvalue weighted by atomic mass is 19.4. The molecule has 104 valence electrons. The number of phenols is 1. The van der Waals surface area contributed by atoms with Crippen LogP contribution in [0.15, 0.2) is 42.6 Å². The minimum Gasteiger partial charge on any atom is -0.508 e. The molecule has 0 atom stereocenters. The Labute approximate surface area is 111 Å². The van der Waals surface area contributed by atoms with E-state index in [1.807, 2.05) is 0 Å². The number of aromatic hydroxyl groups is 1. The van der Waals surface area contributed by atoms with Crippen LogP contribution in [0.3, 0.4) is 0 Å². The van der Waals surface area contributed by atoms with Gasteiger partial charge in [-0.05, 0) is 36.4 Å². The number of anilines is 1. The zero-order chi connectivity index (χ0) is 14.8. The van der Waals surface area contributed by atoms with Crippen molar-refractivity contribution < 1.29 is 23.1 Å². The van der Waals surface area contributed by atoms with Crippen LogP contribution in [0.5, 0.6) is 5.75 Å². The molecule has 20 heavy (non-hydrogen) atoms. The smallest absolute Gasteiger partial charge is 0.416 e. The number of halogens is 3. The molecule has 1 aromatic carbocycles. The third-order valence-electron chi connectivity index (χ3n) is 2.46. The molecule has 1 heterocycles. The third-order valence-corrected chi connectivity index (χ3v) is 2.46. The molecule has 0 bridgehead atoms. The number of phenolic OH excluding ortho intramolecular Hbond substituents is 1. The SMILES string of the molecule is O=C(Nc1cc(C(F)(F)F)ccn1)c1ccc(O)cc1. The lowest BCUT2D eigenvalue weighted by Gasteiger charge is -2.09. The quantitative estimate of drug-likeness (QED) is 0.889. The summed E-state index contributed by atoms with van der Waals surface area (Å²) >= 11 is 0. The fourth-order valence-electron chi connectivity index (χ4n) is 1.48. The monoisotopic (exact) mass is 282 g/mol. The zero-order valence-corrected chi connectivity index (χ0v) is 9.98. The highest BCUT2D eigenvalue weighted by molar-refractivity contribution is 6.03. The number of alkyl halides is 3. The van der Waals surface area contributed by atoms with E-state index in [0.717, 1.165) is 18.3 Å². The second kappa shape index (κ2) is 5.20. The lowest BCUT2D eigenvalue weighted by molar-refractivity contribution is -0.137. The molecule has 1 amide bonds. The lowest BCUT2D eigenvalue weighted by atomic mass is 10.2. The van der Waals surface area contributed by atoms with Gasteiger partial charge in [-0.2, -0.15) is 13.2 Å². The van der Waals surface area contributed by atoms with Gasteiger partial charge in [0.1, 0.15) is 11.6 Å². The molecule has 7 heteroatoms. The van der Waals surface area contributed by atoms with Gasteiger partial charge in [0.2, 0.25) is 0 Å². The number of carbonyl (C=O) groups excluding carboxylic acids is 1. The number of amides is 1. The van der Waals surface area contributed by atoms with Gasteiger partial charge in [0, 0.05) is 11.8 Å². The van der Waals surface area contributed by atoms with Crippen LogP contribution in [0.1, 0.15) is 15.9 Å². The molecule has 0 radical (unpaired) electrons. The van der Waals surface area contributed by atoms with Crippen molar-refractivity contribution in [3.8, 4) is 5.75 Å². The van der Waals surface area contributed by atoms with Gasteiger partial charge in [0.25, 0.3) is 5.91 Å². The van der Waals surface area contributed by atoms with Gasteiger partial charge in [-0.1, -0.05) is 0 Å². The molecule has 2 aromatic rings. The van der Waals surface area contributed by atoms with Gasteiger partial charge in [-0.15, -0.1) is 0 Å². The molecule has 0 spiro atoms. The number of hydrogen-bond acceptors (Lipinski definition) is 3. The fraction of sp³-hybridized carbons (Fsp3) is 0.0769. The van der Waals surface area contributed by atoms with E-state index >= 15 is 0 Å². The maximum absolute atomic E-state index is 12.5. The van der Waals surface area contributed by atoms with Gasteiger partial charge in [-0.3, -0.25) is 4.79 Å². The summed E-state index contributed by atoms with van der Waals surface area (Å²) < 4.78 is 37.5. The van der Waals surface area contributed by atoms with Crippen molar-refractivity contribution >= 4 is 11.7 Å².